The van der Waals surface area contributed by atoms with Crippen LogP contribution in [0.5, 0.6) is 5.75 Å². The number of rotatable bonds is 4. The van der Waals surface area contributed by atoms with E-state index in [-0.39, 0.29) is 18.0 Å². The Balaban J connectivity index is 1.72. The monoisotopic (exact) mass is 357 g/mol. The predicted octanol–water partition coefficient (Wildman–Crippen LogP) is 5.32. The van der Waals surface area contributed by atoms with Crippen LogP contribution in [-0.4, -0.2) is 22.9 Å². The molecular weight excluding hydrogens is 334 g/mol. The first kappa shape index (κ1) is 17.8. The van der Waals surface area contributed by atoms with Gasteiger partial charge in [0.1, 0.15) is 12.4 Å². The van der Waals surface area contributed by atoms with Crippen molar-refractivity contribution in [3.63, 3.8) is 0 Å². The number of amides is 1. The number of nitrogens with zero attached hydrogens (tertiary/aromatic N) is 1. The summed E-state index contributed by atoms with van der Waals surface area (Å²) in [4.78, 5) is 15.0. The van der Waals surface area contributed by atoms with Gasteiger partial charge in [0.05, 0.1) is 0 Å². The molecule has 0 N–H and O–H groups in total. The fraction of sp³-hybridized carbons (Fsp3) is 0.381. The minimum atomic E-state index is 0.0860. The Labute approximate surface area is 154 Å². The summed E-state index contributed by atoms with van der Waals surface area (Å²) in [5.74, 6) is 0.769. The van der Waals surface area contributed by atoms with Gasteiger partial charge < -0.3 is 9.64 Å². The second-order valence-corrected chi connectivity index (χ2v) is 7.16. The zero-order valence-electron chi connectivity index (χ0n) is 14.7. The highest BCUT2D eigenvalue weighted by Gasteiger charge is 2.29. The van der Waals surface area contributed by atoms with Crippen LogP contribution >= 0.6 is 11.6 Å². The Morgan fingerprint density at radius 3 is 2.56 bits per heavy atom. The summed E-state index contributed by atoms with van der Waals surface area (Å²) >= 11 is 6.17. The molecule has 0 aromatic heterocycles. The Morgan fingerprint density at radius 2 is 1.84 bits per heavy atom. The smallest absolute Gasteiger partial charge is 0.254 e. The molecule has 1 fully saturated rings. The van der Waals surface area contributed by atoms with Crippen molar-refractivity contribution in [2.75, 3.05) is 0 Å². The Morgan fingerprint density at radius 1 is 1.12 bits per heavy atom. The molecule has 4 heteroatoms. The van der Waals surface area contributed by atoms with E-state index in [9.17, 15) is 4.79 Å². The molecule has 3 nitrogen and oxygen atoms in total. The minimum Gasteiger partial charge on any atom is -0.489 e. The van der Waals surface area contributed by atoms with Crippen LogP contribution in [0.15, 0.2) is 48.5 Å². The Kier molecular flexibility index (Phi) is 5.64. The zero-order chi connectivity index (χ0) is 17.8. The van der Waals surface area contributed by atoms with E-state index in [0.29, 0.717) is 22.9 Å². The molecule has 132 valence electrons. The topological polar surface area (TPSA) is 29.5 Å². The van der Waals surface area contributed by atoms with Gasteiger partial charge in [0.25, 0.3) is 5.91 Å². The van der Waals surface area contributed by atoms with Crippen molar-refractivity contribution in [3.8, 4) is 5.75 Å². The third-order valence-electron chi connectivity index (χ3n) is 4.86. The van der Waals surface area contributed by atoms with E-state index < -0.39 is 0 Å². The van der Waals surface area contributed by atoms with Crippen molar-refractivity contribution in [1.82, 2.24) is 4.90 Å². The van der Waals surface area contributed by atoms with Gasteiger partial charge in [-0.15, -0.1) is 0 Å². The number of piperidine rings is 1. The van der Waals surface area contributed by atoms with Crippen molar-refractivity contribution in [2.45, 2.75) is 51.8 Å². The lowest BCUT2D eigenvalue weighted by molar-refractivity contribution is 0.0510. The molecule has 0 saturated carbocycles. The SMILES string of the molecule is C[C@@H]1CCC[C@@H](C)N1C(=O)c1cccc(OCc2ccccc2Cl)c1. The van der Waals surface area contributed by atoms with Gasteiger partial charge in [0.15, 0.2) is 0 Å². The fourth-order valence-electron chi connectivity index (χ4n) is 3.47. The van der Waals surface area contributed by atoms with Gasteiger partial charge in [-0.1, -0.05) is 35.9 Å². The van der Waals surface area contributed by atoms with Gasteiger partial charge in [-0.25, -0.2) is 0 Å². The van der Waals surface area contributed by atoms with Crippen molar-refractivity contribution in [2.24, 2.45) is 0 Å². The second-order valence-electron chi connectivity index (χ2n) is 6.75. The normalized spacial score (nSPS) is 20.4. The van der Waals surface area contributed by atoms with E-state index in [1.165, 1.54) is 6.42 Å². The first-order chi connectivity index (χ1) is 12.1. The number of carbonyl (C=O) groups is 1. The molecule has 0 aliphatic carbocycles. The molecule has 25 heavy (non-hydrogen) atoms. The van der Waals surface area contributed by atoms with Gasteiger partial charge in [-0.05, 0) is 57.4 Å². The molecule has 1 saturated heterocycles. The number of carbonyl (C=O) groups excluding carboxylic acids is 1. The zero-order valence-corrected chi connectivity index (χ0v) is 15.5. The van der Waals surface area contributed by atoms with E-state index >= 15 is 0 Å². The average molecular weight is 358 g/mol. The maximum Gasteiger partial charge on any atom is 0.254 e. The molecule has 2 aromatic carbocycles. The summed E-state index contributed by atoms with van der Waals surface area (Å²) < 4.78 is 5.85. The lowest BCUT2D eigenvalue weighted by atomic mass is 9.96. The summed E-state index contributed by atoms with van der Waals surface area (Å²) in [5.41, 5.74) is 1.61. The van der Waals surface area contributed by atoms with Crippen molar-refractivity contribution in [3.05, 3.63) is 64.7 Å². The largest absolute Gasteiger partial charge is 0.489 e. The van der Waals surface area contributed by atoms with Gasteiger partial charge in [0, 0.05) is 28.2 Å². The van der Waals surface area contributed by atoms with E-state index in [2.05, 4.69) is 13.8 Å². The molecule has 1 heterocycles. The first-order valence-electron chi connectivity index (χ1n) is 8.85. The number of halogens is 1. The highest BCUT2D eigenvalue weighted by molar-refractivity contribution is 6.31. The van der Waals surface area contributed by atoms with Crippen molar-refractivity contribution in [1.29, 1.82) is 0 Å². The molecule has 0 radical (unpaired) electrons. The molecule has 2 aromatic rings. The van der Waals surface area contributed by atoms with Crippen LogP contribution in [0.25, 0.3) is 0 Å². The van der Waals surface area contributed by atoms with Crippen LogP contribution in [0.4, 0.5) is 0 Å². The Hall–Kier alpha value is -2.00. The standard InChI is InChI=1S/C21H24ClNO2/c1-15-7-5-8-16(2)23(15)21(24)17-10-6-11-19(13-17)25-14-18-9-3-4-12-20(18)22/h3-4,6,9-13,15-16H,5,7-8,14H2,1-2H3/t15-,16-/m1/s1. The van der Waals surface area contributed by atoms with Crippen LogP contribution < -0.4 is 4.74 Å². The van der Waals surface area contributed by atoms with Gasteiger partial charge in [-0.2, -0.15) is 0 Å². The number of hydrogen-bond donors (Lipinski definition) is 0. The lowest BCUT2D eigenvalue weighted by Crippen LogP contribution is -2.47. The third-order valence-corrected chi connectivity index (χ3v) is 5.23. The number of likely N-dealkylation sites (tertiary alicyclic amines) is 1. The summed E-state index contributed by atoms with van der Waals surface area (Å²) in [6.45, 7) is 4.64. The maximum atomic E-state index is 13.0. The van der Waals surface area contributed by atoms with Crippen LogP contribution in [-0.2, 0) is 6.61 Å². The Bertz CT molecular complexity index is 736. The highest BCUT2D eigenvalue weighted by Crippen LogP contribution is 2.26. The second kappa shape index (κ2) is 7.92. The minimum absolute atomic E-state index is 0.0860. The van der Waals surface area contributed by atoms with Crippen LogP contribution in [0, 0.1) is 0 Å². The van der Waals surface area contributed by atoms with E-state index in [0.717, 1.165) is 18.4 Å². The van der Waals surface area contributed by atoms with Crippen LogP contribution in [0.1, 0.15) is 49.0 Å². The van der Waals surface area contributed by atoms with Crippen LogP contribution in [0.2, 0.25) is 5.02 Å². The van der Waals surface area contributed by atoms with E-state index in [4.69, 9.17) is 16.3 Å². The van der Waals surface area contributed by atoms with Crippen molar-refractivity contribution >= 4 is 17.5 Å². The van der Waals surface area contributed by atoms with Gasteiger partial charge in [-0.3, -0.25) is 4.79 Å². The highest BCUT2D eigenvalue weighted by atomic mass is 35.5. The molecule has 1 amide bonds. The van der Waals surface area contributed by atoms with E-state index in [1.807, 2.05) is 53.4 Å². The molecule has 0 spiro atoms. The summed E-state index contributed by atoms with van der Waals surface area (Å²) in [5, 5.41) is 0.686. The molecule has 3 rings (SSSR count). The predicted molar refractivity (Wildman–Crippen MR) is 101 cm³/mol. The molecule has 0 bridgehead atoms. The van der Waals surface area contributed by atoms with Gasteiger partial charge >= 0.3 is 0 Å². The van der Waals surface area contributed by atoms with Crippen LogP contribution in [0.3, 0.4) is 0 Å². The molecule has 2 atom stereocenters. The summed E-state index contributed by atoms with van der Waals surface area (Å²) in [6.07, 6.45) is 3.32. The molecule has 1 aliphatic rings. The quantitative estimate of drug-likeness (QED) is 0.740. The maximum absolute atomic E-state index is 13.0. The number of benzene rings is 2. The fourth-order valence-corrected chi connectivity index (χ4v) is 3.66. The molecular formula is C21H24ClNO2. The summed E-state index contributed by atoms with van der Waals surface area (Å²) in [6, 6.07) is 15.6. The lowest BCUT2D eigenvalue weighted by Gasteiger charge is -2.39. The average Bonchev–Trinajstić information content (AvgIpc) is 2.61. The number of hydrogen-bond acceptors (Lipinski definition) is 2. The first-order valence-corrected chi connectivity index (χ1v) is 9.23. The van der Waals surface area contributed by atoms with Gasteiger partial charge in [0.2, 0.25) is 0 Å². The van der Waals surface area contributed by atoms with E-state index in [1.54, 1.807) is 0 Å². The molecule has 1 aliphatic heterocycles. The van der Waals surface area contributed by atoms with Crippen molar-refractivity contribution < 1.29 is 9.53 Å². The number of ether oxygens (including phenoxy) is 1. The molecule has 0 unspecified atom stereocenters. The third kappa shape index (κ3) is 4.16. The summed E-state index contributed by atoms with van der Waals surface area (Å²) in [7, 11) is 0.